The average molecular weight is 236 g/mol. The molecule has 0 saturated carbocycles. The first-order valence-corrected chi connectivity index (χ1v) is 4.71. The summed E-state index contributed by atoms with van der Waals surface area (Å²) in [4.78, 5) is 0. The molecule has 6 heteroatoms. The van der Waals surface area contributed by atoms with Gasteiger partial charge in [-0.3, -0.25) is 0 Å². The first-order chi connectivity index (χ1) is 7.54. The zero-order chi connectivity index (χ0) is 12.1. The van der Waals surface area contributed by atoms with Crippen molar-refractivity contribution < 1.29 is 17.6 Å². The molecule has 0 aliphatic rings. The molecule has 0 aliphatic carbocycles. The summed E-state index contributed by atoms with van der Waals surface area (Å²) in [5.74, 6) is -1.30. The lowest BCUT2D eigenvalue weighted by Crippen LogP contribution is -2.32. The van der Waals surface area contributed by atoms with Crippen molar-refractivity contribution in [3.8, 4) is 0 Å². The Kier molecular flexibility index (Phi) is 4.70. The summed E-state index contributed by atoms with van der Waals surface area (Å²) in [5, 5.41) is 2.37. The molecule has 0 bridgehead atoms. The number of hydrogen-bond donors (Lipinski definition) is 2. The van der Waals surface area contributed by atoms with Gasteiger partial charge in [-0.05, 0) is 18.2 Å². The van der Waals surface area contributed by atoms with Crippen LogP contribution in [0.25, 0.3) is 0 Å². The second-order valence-corrected chi connectivity index (χ2v) is 3.25. The lowest BCUT2D eigenvalue weighted by Gasteiger charge is -2.17. The summed E-state index contributed by atoms with van der Waals surface area (Å²) in [6.07, 6.45) is -2.56. The van der Waals surface area contributed by atoms with Gasteiger partial charge < -0.3 is 11.1 Å². The van der Waals surface area contributed by atoms with Gasteiger partial charge in [-0.25, -0.2) is 17.6 Å². The Bertz CT molecular complexity index is 344. The van der Waals surface area contributed by atoms with E-state index in [-0.39, 0.29) is 12.1 Å². The zero-order valence-electron chi connectivity index (χ0n) is 8.39. The molecular weight excluding hydrogens is 224 g/mol. The van der Waals surface area contributed by atoms with E-state index in [1.54, 1.807) is 0 Å². The first-order valence-electron chi connectivity index (χ1n) is 4.71. The molecule has 0 aliphatic heterocycles. The van der Waals surface area contributed by atoms with Crippen LogP contribution in [0.15, 0.2) is 18.2 Å². The van der Waals surface area contributed by atoms with E-state index >= 15 is 0 Å². The Hall–Kier alpha value is -1.14. The minimum Gasteiger partial charge on any atom is -0.329 e. The Morgan fingerprint density at radius 1 is 1.25 bits per heavy atom. The van der Waals surface area contributed by atoms with Crippen LogP contribution in [0.3, 0.4) is 0 Å². The van der Waals surface area contributed by atoms with Crippen LogP contribution in [0.5, 0.6) is 0 Å². The lowest BCUT2D eigenvalue weighted by atomic mass is 10.1. The largest absolute Gasteiger partial charge is 0.329 e. The molecule has 16 heavy (non-hydrogen) atoms. The van der Waals surface area contributed by atoms with Crippen LogP contribution in [-0.4, -0.2) is 19.5 Å². The third kappa shape index (κ3) is 3.46. The fraction of sp³-hybridized carbons (Fsp3) is 0.400. The van der Waals surface area contributed by atoms with Gasteiger partial charge in [-0.15, -0.1) is 0 Å². The molecule has 0 amide bonds. The number of benzene rings is 1. The molecule has 1 atom stereocenters. The molecule has 3 N–H and O–H groups in total. The van der Waals surface area contributed by atoms with E-state index in [1.807, 2.05) is 0 Å². The minimum absolute atomic E-state index is 0.0387. The minimum atomic E-state index is -2.56. The number of rotatable bonds is 5. The molecular formula is C10H12F4N2. The first kappa shape index (κ1) is 12.9. The maximum Gasteiger partial charge on any atom is 0.250 e. The van der Waals surface area contributed by atoms with E-state index < -0.39 is 30.6 Å². The molecule has 0 aromatic heterocycles. The molecule has 90 valence electrons. The molecule has 0 saturated heterocycles. The summed E-state index contributed by atoms with van der Waals surface area (Å²) in [6, 6.07) is 2.03. The van der Waals surface area contributed by atoms with Crippen LogP contribution in [0, 0.1) is 11.6 Å². The smallest absolute Gasteiger partial charge is 0.250 e. The van der Waals surface area contributed by atoms with Crippen LogP contribution < -0.4 is 11.1 Å². The van der Waals surface area contributed by atoms with E-state index in [4.69, 9.17) is 5.73 Å². The molecule has 0 heterocycles. The highest BCUT2D eigenvalue weighted by molar-refractivity contribution is 5.22. The molecule has 0 radical (unpaired) electrons. The number of nitrogens with two attached hydrogens (primary N) is 1. The summed E-state index contributed by atoms with van der Waals surface area (Å²) in [6.45, 7) is -0.703. The van der Waals surface area contributed by atoms with Crippen LogP contribution in [-0.2, 0) is 0 Å². The van der Waals surface area contributed by atoms with Gasteiger partial charge >= 0.3 is 0 Å². The van der Waals surface area contributed by atoms with Gasteiger partial charge in [0.1, 0.15) is 11.6 Å². The highest BCUT2D eigenvalue weighted by Crippen LogP contribution is 2.17. The summed E-state index contributed by atoms with van der Waals surface area (Å²) < 4.78 is 50.1. The Labute approximate surface area is 90.4 Å². The predicted molar refractivity (Wildman–Crippen MR) is 52.2 cm³/mol. The molecule has 2 nitrogen and oxygen atoms in total. The van der Waals surface area contributed by atoms with Crippen molar-refractivity contribution >= 4 is 0 Å². The van der Waals surface area contributed by atoms with Gasteiger partial charge in [-0.2, -0.15) is 0 Å². The number of halogens is 4. The standard InChI is InChI=1S/C10H12F4N2/c11-6-1-2-8(12)7(3-6)9(4-15)16-5-10(13)14/h1-3,9-10,16H,4-5,15H2. The molecule has 1 unspecified atom stereocenters. The topological polar surface area (TPSA) is 38.0 Å². The second kappa shape index (κ2) is 5.81. The number of alkyl halides is 2. The fourth-order valence-corrected chi connectivity index (χ4v) is 1.33. The Morgan fingerprint density at radius 2 is 1.94 bits per heavy atom. The highest BCUT2D eigenvalue weighted by Gasteiger charge is 2.16. The van der Waals surface area contributed by atoms with Crippen LogP contribution in [0.2, 0.25) is 0 Å². The predicted octanol–water partition coefficient (Wildman–Crippen LogP) is 1.82. The van der Waals surface area contributed by atoms with Gasteiger partial charge in [-0.1, -0.05) is 0 Å². The quantitative estimate of drug-likeness (QED) is 0.765. The Morgan fingerprint density at radius 3 is 2.50 bits per heavy atom. The normalized spacial score (nSPS) is 13.1. The number of nitrogens with one attached hydrogen (secondary N) is 1. The van der Waals surface area contributed by atoms with Crippen molar-refractivity contribution in [3.63, 3.8) is 0 Å². The third-order valence-corrected chi connectivity index (χ3v) is 2.09. The maximum absolute atomic E-state index is 13.3. The fourth-order valence-electron chi connectivity index (χ4n) is 1.33. The van der Waals surface area contributed by atoms with Gasteiger partial charge in [0, 0.05) is 18.2 Å². The van der Waals surface area contributed by atoms with Crippen molar-refractivity contribution in [2.75, 3.05) is 13.1 Å². The second-order valence-electron chi connectivity index (χ2n) is 3.25. The van der Waals surface area contributed by atoms with Gasteiger partial charge in [0.15, 0.2) is 0 Å². The summed E-state index contributed by atoms with van der Waals surface area (Å²) in [7, 11) is 0. The van der Waals surface area contributed by atoms with Crippen molar-refractivity contribution in [2.24, 2.45) is 5.73 Å². The molecule has 0 fully saturated rings. The summed E-state index contributed by atoms with van der Waals surface area (Å²) >= 11 is 0. The molecule has 1 aromatic carbocycles. The van der Waals surface area contributed by atoms with Crippen LogP contribution in [0.4, 0.5) is 17.6 Å². The van der Waals surface area contributed by atoms with E-state index in [1.165, 1.54) is 0 Å². The number of hydrogen-bond acceptors (Lipinski definition) is 2. The van der Waals surface area contributed by atoms with Gasteiger partial charge in [0.25, 0.3) is 6.43 Å². The van der Waals surface area contributed by atoms with Crippen LogP contribution >= 0.6 is 0 Å². The van der Waals surface area contributed by atoms with Crippen molar-refractivity contribution in [3.05, 3.63) is 35.4 Å². The monoisotopic (exact) mass is 236 g/mol. The lowest BCUT2D eigenvalue weighted by molar-refractivity contribution is 0.141. The van der Waals surface area contributed by atoms with Crippen molar-refractivity contribution in [1.29, 1.82) is 0 Å². The SMILES string of the molecule is NCC(NCC(F)F)c1cc(F)ccc1F. The van der Waals surface area contributed by atoms with Crippen LogP contribution in [0.1, 0.15) is 11.6 Å². The average Bonchev–Trinajstić information content (AvgIpc) is 2.23. The molecule has 1 rings (SSSR count). The zero-order valence-corrected chi connectivity index (χ0v) is 8.39. The van der Waals surface area contributed by atoms with E-state index in [0.29, 0.717) is 0 Å². The van der Waals surface area contributed by atoms with Gasteiger partial charge in [0.2, 0.25) is 0 Å². The van der Waals surface area contributed by atoms with Gasteiger partial charge in [0.05, 0.1) is 6.54 Å². The third-order valence-electron chi connectivity index (χ3n) is 2.09. The maximum atomic E-state index is 13.3. The van der Waals surface area contributed by atoms with E-state index in [0.717, 1.165) is 18.2 Å². The van der Waals surface area contributed by atoms with Crippen molar-refractivity contribution in [1.82, 2.24) is 5.32 Å². The summed E-state index contributed by atoms with van der Waals surface area (Å²) in [5.41, 5.74) is 5.27. The van der Waals surface area contributed by atoms with Crippen molar-refractivity contribution in [2.45, 2.75) is 12.5 Å². The highest BCUT2D eigenvalue weighted by atomic mass is 19.3. The van der Waals surface area contributed by atoms with E-state index in [2.05, 4.69) is 5.32 Å². The molecule has 1 aromatic rings. The molecule has 0 spiro atoms. The Balaban J connectivity index is 2.81. The van der Waals surface area contributed by atoms with E-state index in [9.17, 15) is 17.6 Å².